The van der Waals surface area contributed by atoms with Gasteiger partial charge in [0.25, 0.3) is 0 Å². The molecule has 0 radical (unpaired) electrons. The molecule has 1 aromatic rings. The van der Waals surface area contributed by atoms with Crippen molar-refractivity contribution in [2.75, 3.05) is 7.05 Å². The number of halogens is 3. The van der Waals surface area contributed by atoms with Crippen molar-refractivity contribution in [3.05, 3.63) is 33.6 Å². The van der Waals surface area contributed by atoms with Gasteiger partial charge in [-0.25, -0.2) is 4.39 Å². The second kappa shape index (κ2) is 8.58. The van der Waals surface area contributed by atoms with Crippen LogP contribution in [0, 0.1) is 23.1 Å². The van der Waals surface area contributed by atoms with Crippen LogP contribution in [0.25, 0.3) is 0 Å². The third-order valence-corrected chi connectivity index (χ3v) is 7.34. The average Bonchev–Trinajstić information content (AvgIpc) is 3.33. The van der Waals surface area contributed by atoms with Gasteiger partial charge in [-0.05, 0) is 49.7 Å². The van der Waals surface area contributed by atoms with E-state index in [1.807, 2.05) is 0 Å². The third kappa shape index (κ3) is 4.16. The van der Waals surface area contributed by atoms with Gasteiger partial charge < -0.3 is 10.6 Å². The summed E-state index contributed by atoms with van der Waals surface area (Å²) in [6, 6.07) is 2.19. The van der Waals surface area contributed by atoms with Crippen LogP contribution in [0.15, 0.2) is 12.1 Å². The van der Waals surface area contributed by atoms with Crippen molar-refractivity contribution in [2.24, 2.45) is 17.3 Å². The summed E-state index contributed by atoms with van der Waals surface area (Å²) in [5, 5.41) is 6.18. The van der Waals surface area contributed by atoms with Gasteiger partial charge in [0.05, 0.1) is 16.1 Å². The number of amides is 2. The van der Waals surface area contributed by atoms with Gasteiger partial charge in [-0.3, -0.25) is 9.59 Å². The van der Waals surface area contributed by atoms with E-state index in [0.29, 0.717) is 19.3 Å². The summed E-state index contributed by atoms with van der Waals surface area (Å²) in [4.78, 5) is 24.9. The number of carbonyl (C=O) groups excluding carboxylic acids is 2. The molecule has 2 aliphatic rings. The maximum Gasteiger partial charge on any atom is 0.223 e. The Labute approximate surface area is 175 Å². The maximum absolute atomic E-state index is 14.8. The fraction of sp³-hybridized carbons (Fsp3) is 0.619. The number of nitrogens with one attached hydrogen (secondary N) is 2. The van der Waals surface area contributed by atoms with Crippen LogP contribution in [-0.2, 0) is 9.59 Å². The van der Waals surface area contributed by atoms with Crippen LogP contribution >= 0.6 is 23.2 Å². The van der Waals surface area contributed by atoms with Crippen molar-refractivity contribution < 1.29 is 14.0 Å². The number of benzene rings is 1. The Morgan fingerprint density at radius 3 is 2.36 bits per heavy atom. The van der Waals surface area contributed by atoms with Gasteiger partial charge in [0.15, 0.2) is 0 Å². The van der Waals surface area contributed by atoms with Crippen molar-refractivity contribution in [3.63, 3.8) is 0 Å². The maximum atomic E-state index is 14.8. The highest BCUT2D eigenvalue weighted by atomic mass is 35.5. The Morgan fingerprint density at radius 1 is 1.14 bits per heavy atom. The van der Waals surface area contributed by atoms with Gasteiger partial charge in [-0.2, -0.15) is 0 Å². The van der Waals surface area contributed by atoms with E-state index in [-0.39, 0.29) is 44.7 Å². The molecule has 2 amide bonds. The van der Waals surface area contributed by atoms with Crippen molar-refractivity contribution in [1.82, 2.24) is 10.6 Å². The van der Waals surface area contributed by atoms with Crippen LogP contribution in [-0.4, -0.2) is 18.9 Å². The lowest BCUT2D eigenvalue weighted by atomic mass is 9.76. The molecular weight excluding hydrogens is 402 g/mol. The minimum atomic E-state index is -0.548. The smallest absolute Gasteiger partial charge is 0.223 e. The highest BCUT2D eigenvalue weighted by molar-refractivity contribution is 6.42. The molecule has 0 spiro atoms. The van der Waals surface area contributed by atoms with Crippen LogP contribution in [0.2, 0.25) is 10.0 Å². The third-order valence-electron chi connectivity index (χ3n) is 6.52. The summed E-state index contributed by atoms with van der Waals surface area (Å²) in [6.45, 7) is 2.07. The minimum absolute atomic E-state index is 0.0291. The van der Waals surface area contributed by atoms with Gasteiger partial charge in [0.2, 0.25) is 11.8 Å². The zero-order valence-electron chi connectivity index (χ0n) is 16.3. The molecule has 0 aromatic heterocycles. The number of hydrogen-bond acceptors (Lipinski definition) is 2. The molecule has 7 heteroatoms. The summed E-state index contributed by atoms with van der Waals surface area (Å²) in [7, 11) is 1.61. The quantitative estimate of drug-likeness (QED) is 0.645. The second-order valence-electron chi connectivity index (χ2n) is 8.38. The van der Waals surface area contributed by atoms with E-state index < -0.39 is 11.9 Å². The normalized spacial score (nSPS) is 24.8. The topological polar surface area (TPSA) is 58.2 Å². The van der Waals surface area contributed by atoms with Gasteiger partial charge in [-0.15, -0.1) is 0 Å². The second-order valence-corrected chi connectivity index (χ2v) is 9.17. The first kappa shape index (κ1) is 21.4. The molecule has 4 nitrogen and oxygen atoms in total. The molecule has 3 atom stereocenters. The van der Waals surface area contributed by atoms with E-state index in [1.54, 1.807) is 7.05 Å². The average molecular weight is 429 g/mol. The lowest BCUT2D eigenvalue weighted by Crippen LogP contribution is -2.41. The molecule has 2 fully saturated rings. The number of carbonyl (C=O) groups is 2. The molecule has 3 rings (SSSR count). The molecular formula is C21H27Cl2FN2O2. The first-order valence-electron chi connectivity index (χ1n) is 9.92. The summed E-state index contributed by atoms with van der Waals surface area (Å²) in [6.07, 6.45) is 5.68. The molecule has 2 N–H and O–H groups in total. The van der Waals surface area contributed by atoms with Gasteiger partial charge >= 0.3 is 0 Å². The van der Waals surface area contributed by atoms with Crippen LogP contribution in [0.5, 0.6) is 0 Å². The standard InChI is InChI=1S/C21H27Cl2FN2O2/c1-21(9-3-4-10-21)18(16-15(24)8-7-14(22)17(16)23)26-20(28)13-6-5-12(11-13)19(27)25-2/h7-8,12-13,18H,3-6,9-11H2,1-2H3,(H,25,27)(H,26,28)/t12-,13-,18-/m1/s1. The van der Waals surface area contributed by atoms with Gasteiger partial charge in [-0.1, -0.05) is 43.0 Å². The van der Waals surface area contributed by atoms with Crippen LogP contribution in [0.3, 0.4) is 0 Å². The molecule has 1 aromatic carbocycles. The molecule has 2 saturated carbocycles. The van der Waals surface area contributed by atoms with E-state index in [4.69, 9.17) is 23.2 Å². The Hall–Kier alpha value is -1.33. The molecule has 0 bridgehead atoms. The fourth-order valence-corrected chi connectivity index (χ4v) is 5.22. The fourth-order valence-electron chi connectivity index (χ4n) is 4.80. The predicted molar refractivity (Wildman–Crippen MR) is 109 cm³/mol. The molecule has 154 valence electrons. The Bertz CT molecular complexity index is 765. The minimum Gasteiger partial charge on any atom is -0.359 e. The van der Waals surface area contributed by atoms with Gasteiger partial charge in [0, 0.05) is 24.4 Å². The number of hydrogen-bond donors (Lipinski definition) is 2. The van der Waals surface area contributed by atoms with Crippen molar-refractivity contribution >= 4 is 35.0 Å². The zero-order chi connectivity index (χ0) is 20.5. The predicted octanol–water partition coefficient (Wildman–Crippen LogP) is 5.03. The highest BCUT2D eigenvalue weighted by Crippen LogP contribution is 2.50. The van der Waals surface area contributed by atoms with Crippen LogP contribution < -0.4 is 10.6 Å². The first-order chi connectivity index (χ1) is 13.3. The molecule has 2 aliphatic carbocycles. The van der Waals surface area contributed by atoms with Crippen molar-refractivity contribution in [3.8, 4) is 0 Å². The zero-order valence-corrected chi connectivity index (χ0v) is 17.8. The Morgan fingerprint density at radius 2 is 1.75 bits per heavy atom. The van der Waals surface area contributed by atoms with E-state index in [1.165, 1.54) is 12.1 Å². The summed E-state index contributed by atoms with van der Waals surface area (Å²) < 4.78 is 14.8. The van der Waals surface area contributed by atoms with E-state index in [0.717, 1.165) is 25.7 Å². The van der Waals surface area contributed by atoms with Crippen LogP contribution in [0.4, 0.5) is 4.39 Å². The lowest BCUT2D eigenvalue weighted by Gasteiger charge is -2.36. The van der Waals surface area contributed by atoms with Crippen LogP contribution in [0.1, 0.15) is 63.5 Å². The highest BCUT2D eigenvalue weighted by Gasteiger charge is 2.43. The molecule has 0 unspecified atom stereocenters. The first-order valence-corrected chi connectivity index (χ1v) is 10.7. The summed E-state index contributed by atoms with van der Waals surface area (Å²) >= 11 is 12.5. The van der Waals surface area contributed by atoms with E-state index >= 15 is 0 Å². The van der Waals surface area contributed by atoms with E-state index in [2.05, 4.69) is 17.6 Å². The largest absolute Gasteiger partial charge is 0.359 e. The van der Waals surface area contributed by atoms with E-state index in [9.17, 15) is 14.0 Å². The molecule has 0 aliphatic heterocycles. The van der Waals surface area contributed by atoms with Gasteiger partial charge in [0.1, 0.15) is 5.82 Å². The monoisotopic (exact) mass is 428 g/mol. The van der Waals surface area contributed by atoms with Crippen molar-refractivity contribution in [2.45, 2.75) is 57.9 Å². The Balaban J connectivity index is 1.87. The van der Waals surface area contributed by atoms with Crippen molar-refractivity contribution in [1.29, 1.82) is 0 Å². The number of rotatable bonds is 5. The SMILES string of the molecule is CNC(=O)[C@@H]1CC[C@@H](C(=O)N[C@H](c2c(F)ccc(Cl)c2Cl)C2(C)CCCC2)C1. The summed E-state index contributed by atoms with van der Waals surface area (Å²) in [5.74, 6) is -1.02. The molecule has 0 saturated heterocycles. The summed E-state index contributed by atoms with van der Waals surface area (Å²) in [5.41, 5.74) is -0.0170. The lowest BCUT2D eigenvalue weighted by molar-refractivity contribution is -0.127. The Kier molecular flexibility index (Phi) is 6.55. The molecule has 0 heterocycles. The molecule has 28 heavy (non-hydrogen) atoms.